The van der Waals surface area contributed by atoms with Crippen molar-refractivity contribution in [3.05, 3.63) is 72.7 Å². The number of hydrogen-bond acceptors (Lipinski definition) is 6. The van der Waals surface area contributed by atoms with Gasteiger partial charge in [-0.05, 0) is 24.1 Å². The zero-order chi connectivity index (χ0) is 23.4. The SMILES string of the molecule is CS(=O)(=O)c1cn(-c2ncc(-c3ccccc3)cn2)c2cc(C(=O)N3CC4CC3CO4)ccc12. The van der Waals surface area contributed by atoms with Gasteiger partial charge in [0.2, 0.25) is 5.95 Å². The van der Waals surface area contributed by atoms with Crippen LogP contribution in [0.4, 0.5) is 0 Å². The molecule has 2 aliphatic heterocycles. The van der Waals surface area contributed by atoms with E-state index in [-0.39, 0.29) is 22.9 Å². The number of rotatable bonds is 4. The van der Waals surface area contributed by atoms with E-state index in [1.54, 1.807) is 35.2 Å². The summed E-state index contributed by atoms with van der Waals surface area (Å²) in [5.41, 5.74) is 2.91. The smallest absolute Gasteiger partial charge is 0.254 e. The van der Waals surface area contributed by atoms with Crippen molar-refractivity contribution in [1.82, 2.24) is 19.4 Å². The van der Waals surface area contributed by atoms with E-state index in [2.05, 4.69) is 9.97 Å². The Balaban J connectivity index is 1.44. The van der Waals surface area contributed by atoms with Crippen LogP contribution in [-0.2, 0) is 14.6 Å². The van der Waals surface area contributed by atoms with Crippen LogP contribution in [0.25, 0.3) is 28.0 Å². The maximum absolute atomic E-state index is 13.2. The Morgan fingerprint density at radius 2 is 1.82 bits per heavy atom. The van der Waals surface area contributed by atoms with Gasteiger partial charge in [0.05, 0.1) is 29.2 Å². The third-order valence-electron chi connectivity index (χ3n) is 6.54. The number of ether oxygens (including phenoxy) is 1. The van der Waals surface area contributed by atoms with Crippen LogP contribution in [0, 0.1) is 0 Å². The van der Waals surface area contributed by atoms with Crippen LogP contribution in [0.3, 0.4) is 0 Å². The van der Waals surface area contributed by atoms with E-state index in [4.69, 9.17) is 4.74 Å². The van der Waals surface area contributed by atoms with E-state index in [9.17, 15) is 13.2 Å². The molecule has 8 nitrogen and oxygen atoms in total. The Kier molecular flexibility index (Phi) is 4.79. The molecular weight excluding hydrogens is 452 g/mol. The van der Waals surface area contributed by atoms with Crippen molar-refractivity contribution in [1.29, 1.82) is 0 Å². The highest BCUT2D eigenvalue weighted by Crippen LogP contribution is 2.32. The molecule has 2 fully saturated rings. The van der Waals surface area contributed by atoms with E-state index in [1.165, 1.54) is 12.5 Å². The minimum absolute atomic E-state index is 0.0771. The average molecular weight is 475 g/mol. The monoisotopic (exact) mass is 474 g/mol. The van der Waals surface area contributed by atoms with E-state index < -0.39 is 9.84 Å². The van der Waals surface area contributed by atoms with Crippen LogP contribution in [0.2, 0.25) is 0 Å². The summed E-state index contributed by atoms with van der Waals surface area (Å²) >= 11 is 0. The molecule has 0 radical (unpaired) electrons. The molecule has 2 aromatic carbocycles. The average Bonchev–Trinajstić information content (AvgIpc) is 3.58. The van der Waals surface area contributed by atoms with Crippen molar-refractivity contribution >= 4 is 26.6 Å². The van der Waals surface area contributed by atoms with Gasteiger partial charge in [-0.3, -0.25) is 9.36 Å². The molecule has 2 bridgehead atoms. The fourth-order valence-electron chi connectivity index (χ4n) is 4.83. The maximum Gasteiger partial charge on any atom is 0.254 e. The van der Waals surface area contributed by atoms with Crippen molar-refractivity contribution in [3.8, 4) is 17.1 Å². The van der Waals surface area contributed by atoms with E-state index in [0.29, 0.717) is 35.6 Å². The number of amides is 1. The van der Waals surface area contributed by atoms with Gasteiger partial charge in [-0.2, -0.15) is 0 Å². The molecule has 172 valence electrons. The maximum atomic E-state index is 13.2. The highest BCUT2D eigenvalue weighted by Gasteiger charge is 2.41. The summed E-state index contributed by atoms with van der Waals surface area (Å²) in [6, 6.07) is 15.0. The first kappa shape index (κ1) is 21.0. The van der Waals surface area contributed by atoms with Gasteiger partial charge >= 0.3 is 0 Å². The highest BCUT2D eigenvalue weighted by molar-refractivity contribution is 7.91. The number of aromatic nitrogens is 3. The summed E-state index contributed by atoms with van der Waals surface area (Å²) in [6.45, 7) is 1.15. The molecule has 9 heteroatoms. The number of benzene rings is 2. The molecule has 0 aliphatic carbocycles. The number of hydrogen-bond donors (Lipinski definition) is 0. The zero-order valence-corrected chi connectivity index (χ0v) is 19.3. The first-order valence-corrected chi connectivity index (χ1v) is 12.9. The minimum atomic E-state index is -3.51. The van der Waals surface area contributed by atoms with Crippen molar-refractivity contribution in [2.45, 2.75) is 23.5 Å². The van der Waals surface area contributed by atoms with Gasteiger partial charge in [0.25, 0.3) is 5.91 Å². The molecule has 1 amide bonds. The lowest BCUT2D eigenvalue weighted by molar-refractivity contribution is 0.0259. The lowest BCUT2D eigenvalue weighted by Crippen LogP contribution is -2.41. The van der Waals surface area contributed by atoms with Crippen LogP contribution in [0.15, 0.2) is 72.0 Å². The lowest BCUT2D eigenvalue weighted by Gasteiger charge is -2.27. The lowest BCUT2D eigenvalue weighted by atomic mass is 10.1. The van der Waals surface area contributed by atoms with Crippen molar-refractivity contribution in [2.24, 2.45) is 0 Å². The topological polar surface area (TPSA) is 94.4 Å². The Hall–Kier alpha value is -3.56. The summed E-state index contributed by atoms with van der Waals surface area (Å²) in [4.78, 5) is 24.3. The second kappa shape index (κ2) is 7.75. The van der Waals surface area contributed by atoms with Crippen LogP contribution in [0.5, 0.6) is 0 Å². The Morgan fingerprint density at radius 3 is 2.47 bits per heavy atom. The Morgan fingerprint density at radius 1 is 1.06 bits per heavy atom. The third kappa shape index (κ3) is 3.48. The molecule has 2 saturated heterocycles. The van der Waals surface area contributed by atoms with Gasteiger partial charge in [0, 0.05) is 47.9 Å². The van der Waals surface area contributed by atoms with E-state index >= 15 is 0 Å². The third-order valence-corrected chi connectivity index (χ3v) is 7.66. The second-order valence-electron chi connectivity index (χ2n) is 8.81. The van der Waals surface area contributed by atoms with Gasteiger partial charge in [-0.25, -0.2) is 18.4 Å². The van der Waals surface area contributed by atoms with Gasteiger partial charge in [0.15, 0.2) is 9.84 Å². The standard InChI is InChI=1S/C25H22N4O4S/c1-34(31,32)23-14-29(25-26-11-18(12-27-25)16-5-3-2-4-6-16)22-9-17(7-8-21(22)23)24(30)28-13-20-10-19(28)15-33-20/h2-9,11-12,14,19-20H,10,13,15H2,1H3. The second-order valence-corrected chi connectivity index (χ2v) is 10.8. The highest BCUT2D eigenvalue weighted by atomic mass is 32.2. The first-order chi connectivity index (χ1) is 16.4. The Labute approximate surface area is 196 Å². The van der Waals surface area contributed by atoms with Crippen molar-refractivity contribution < 1.29 is 17.9 Å². The molecule has 0 N–H and O–H groups in total. The summed E-state index contributed by atoms with van der Waals surface area (Å²) in [5.74, 6) is 0.254. The van der Waals surface area contributed by atoms with Crippen molar-refractivity contribution in [2.75, 3.05) is 19.4 Å². The number of sulfone groups is 1. The number of morpholine rings is 1. The van der Waals surface area contributed by atoms with Crippen LogP contribution >= 0.6 is 0 Å². The first-order valence-electron chi connectivity index (χ1n) is 11.0. The molecule has 2 aliphatic rings. The normalized spacial score (nSPS) is 19.7. The molecule has 4 heterocycles. The van der Waals surface area contributed by atoms with Crippen molar-refractivity contribution in [3.63, 3.8) is 0 Å². The quantitative estimate of drug-likeness (QED) is 0.451. The fourth-order valence-corrected chi connectivity index (χ4v) is 5.70. The molecule has 6 rings (SSSR count). The predicted molar refractivity (Wildman–Crippen MR) is 127 cm³/mol. The fraction of sp³-hybridized carbons (Fsp3) is 0.240. The van der Waals surface area contributed by atoms with Gasteiger partial charge in [-0.15, -0.1) is 0 Å². The molecule has 2 unspecified atom stereocenters. The Bertz CT molecular complexity index is 1510. The van der Waals surface area contributed by atoms with Crippen LogP contribution in [-0.4, -0.2) is 65.3 Å². The zero-order valence-electron chi connectivity index (χ0n) is 18.5. The molecule has 0 spiro atoms. The largest absolute Gasteiger partial charge is 0.374 e. The molecule has 4 aromatic rings. The molecule has 2 aromatic heterocycles. The van der Waals surface area contributed by atoms with Gasteiger partial charge < -0.3 is 9.64 Å². The summed E-state index contributed by atoms with van der Waals surface area (Å²) in [6.07, 6.45) is 7.08. The number of carbonyl (C=O) groups is 1. The van der Waals surface area contributed by atoms with E-state index in [0.717, 1.165) is 17.5 Å². The molecule has 2 atom stereocenters. The molecule has 0 saturated carbocycles. The van der Waals surface area contributed by atoms with Crippen LogP contribution in [0.1, 0.15) is 16.8 Å². The number of nitrogens with zero attached hydrogens (tertiary/aromatic N) is 4. The molecular formula is C25H22N4O4S. The van der Waals surface area contributed by atoms with Crippen LogP contribution < -0.4 is 0 Å². The number of fused-ring (bicyclic) bond motifs is 3. The van der Waals surface area contributed by atoms with Gasteiger partial charge in [-0.1, -0.05) is 36.4 Å². The molecule has 34 heavy (non-hydrogen) atoms. The summed E-state index contributed by atoms with van der Waals surface area (Å²) in [7, 11) is -3.51. The minimum Gasteiger partial charge on any atom is -0.374 e. The van der Waals surface area contributed by atoms with E-state index in [1.807, 2.05) is 35.2 Å². The summed E-state index contributed by atoms with van der Waals surface area (Å²) in [5, 5.41) is 0.529. The number of likely N-dealkylation sites (tertiary alicyclic amines) is 1. The number of carbonyl (C=O) groups excluding carboxylic acids is 1. The predicted octanol–water partition coefficient (Wildman–Crippen LogP) is 3.10. The summed E-state index contributed by atoms with van der Waals surface area (Å²) < 4.78 is 32.3. The van der Waals surface area contributed by atoms with Gasteiger partial charge in [0.1, 0.15) is 0 Å².